The highest BCUT2D eigenvalue weighted by molar-refractivity contribution is 7.85. The third kappa shape index (κ3) is 24.1. The summed E-state index contributed by atoms with van der Waals surface area (Å²) in [5.74, 6) is -11.6. The molecule has 7 rings (SSSR count). The number of aliphatic carboxylic acids is 1. The zero-order valence-electron chi connectivity index (χ0n) is 60.3. The summed E-state index contributed by atoms with van der Waals surface area (Å²) < 4.78 is 48.7. The molecule has 2 unspecified atom stereocenters. The maximum Gasteiger partial charge on any atom is 0.409 e. The Kier molecular flexibility index (Phi) is 33.3. The lowest BCUT2D eigenvalue weighted by Gasteiger charge is -2.38. The van der Waals surface area contributed by atoms with E-state index < -0.39 is 237 Å². The van der Waals surface area contributed by atoms with Gasteiger partial charge in [-0.05, 0) is 60.6 Å². The molecule has 2 bridgehead atoms. The first-order chi connectivity index (χ1) is 51.4. The molecular weight excluding hydrogens is 1450 g/mol. The van der Waals surface area contributed by atoms with E-state index in [9.17, 15) is 93.3 Å². The monoisotopic (exact) mass is 1550 g/mol. The Labute approximate surface area is 623 Å². The second-order valence-corrected chi connectivity index (χ2v) is 28.4. The average molecular weight is 1550 g/mol. The van der Waals surface area contributed by atoms with Gasteiger partial charge in [0.2, 0.25) is 47.6 Å². The molecule has 38 nitrogen and oxygen atoms in total. The van der Waals surface area contributed by atoms with Crippen LogP contribution in [-0.4, -0.2) is 284 Å². The van der Waals surface area contributed by atoms with Crippen LogP contribution in [-0.2, 0) is 95.6 Å². The number of carboxylic acids is 1. The number of carbonyl (C=O) groups is 12. The van der Waals surface area contributed by atoms with E-state index in [1.54, 1.807) is 32.0 Å². The quantitative estimate of drug-likeness (QED) is 0.0222. The number of primary amides is 1. The summed E-state index contributed by atoms with van der Waals surface area (Å²) in [5, 5.41) is 88.3. The summed E-state index contributed by atoms with van der Waals surface area (Å²) in [6.07, 6.45) is -14.3. The highest BCUT2D eigenvalue weighted by Crippen LogP contribution is 2.34. The van der Waals surface area contributed by atoms with Crippen molar-refractivity contribution in [1.29, 1.82) is 0 Å². The summed E-state index contributed by atoms with van der Waals surface area (Å²) in [6.45, 7) is 2.69. The van der Waals surface area contributed by atoms with Gasteiger partial charge in [0.1, 0.15) is 53.5 Å². The maximum absolute atomic E-state index is 15.2. The molecular formula is C69H99N11O27S. The van der Waals surface area contributed by atoms with Gasteiger partial charge in [-0.2, -0.15) is 0 Å². The topological polar surface area (TPSA) is 575 Å². The second-order valence-electron chi connectivity index (χ2n) is 27.0. The van der Waals surface area contributed by atoms with Crippen molar-refractivity contribution in [3.05, 3.63) is 53.1 Å². The van der Waals surface area contributed by atoms with E-state index in [0.717, 1.165) is 4.90 Å². The molecule has 2 fully saturated rings. The van der Waals surface area contributed by atoms with Gasteiger partial charge in [-0.15, -0.1) is 0 Å². The Bertz CT molecular complexity index is 3700. The lowest BCUT2D eigenvalue weighted by atomic mass is 9.85. The van der Waals surface area contributed by atoms with Crippen molar-refractivity contribution in [2.75, 3.05) is 91.8 Å². The Hall–Kier alpha value is -8.87. The third-order valence-electron chi connectivity index (χ3n) is 19.0. The number of aliphatic hydroxyl groups is 6. The van der Waals surface area contributed by atoms with Crippen LogP contribution >= 0.6 is 0 Å². The number of aromatic nitrogens is 1. The number of rotatable bonds is 30. The number of H-pyrrole nitrogens is 1. The lowest BCUT2D eigenvalue weighted by Crippen LogP contribution is -2.61. The summed E-state index contributed by atoms with van der Waals surface area (Å²) in [6, 6.07) is 2.45. The SMILES string of the molecule is CC[C@H](C)[C@@H]1NC(=O)CNC(=O)[C@H]2CC(=O)[C@H]([C@@H](C)[C@@H](O)CO)NC(=O)[C@@H]3C[C@@H](O)CN3C(=O)[C@H](CC(N)=O)CC(=O)[C@H](CS(=O)c3[nH]c4cc(OCCCCCCN(C)C(=O)OCc5ccc(OC6O[C@H](C(=O)O)[C@@H](O)[C@H](O)[C@H]6O)c(C(=O)NCCOCCOCCON)c5)ccc4c3C2)NC(=O)CNC1=O. The molecule has 1 aromatic heterocycles. The number of nitrogens with two attached hydrogens (primary N) is 2. The first-order valence-corrected chi connectivity index (χ1v) is 36.8. The molecule has 2 aromatic carbocycles. The van der Waals surface area contributed by atoms with Crippen molar-refractivity contribution in [3.63, 3.8) is 0 Å². The van der Waals surface area contributed by atoms with Gasteiger partial charge in [0.05, 0.1) is 117 Å². The fourth-order valence-corrected chi connectivity index (χ4v) is 14.1. The van der Waals surface area contributed by atoms with Crippen LogP contribution in [0.25, 0.3) is 10.9 Å². The van der Waals surface area contributed by atoms with Gasteiger partial charge >= 0.3 is 12.1 Å². The zero-order valence-corrected chi connectivity index (χ0v) is 61.2. The van der Waals surface area contributed by atoms with E-state index in [2.05, 4.69) is 41.7 Å². The third-order valence-corrected chi connectivity index (χ3v) is 20.5. The van der Waals surface area contributed by atoms with Crippen LogP contribution in [0.3, 0.4) is 0 Å². The summed E-state index contributed by atoms with van der Waals surface area (Å²) in [7, 11) is -0.888. The fourth-order valence-electron chi connectivity index (χ4n) is 12.7. The van der Waals surface area contributed by atoms with E-state index in [1.165, 1.54) is 37.1 Å². The maximum atomic E-state index is 15.2. The number of carboxylic acid groups (broad SMARTS) is 1. The van der Waals surface area contributed by atoms with Gasteiger partial charge in [-0.25, -0.2) is 15.5 Å². The number of ether oxygens (including phenoxy) is 6. The molecule has 108 heavy (non-hydrogen) atoms. The molecule has 4 aliphatic rings. The Balaban J connectivity index is 1.08. The van der Waals surface area contributed by atoms with Crippen LogP contribution in [0.4, 0.5) is 4.79 Å². The second kappa shape index (κ2) is 41.6. The van der Waals surface area contributed by atoms with E-state index in [0.29, 0.717) is 48.8 Å². The smallest absolute Gasteiger partial charge is 0.409 e. The molecule has 2 saturated heterocycles. The molecule has 9 amide bonds. The number of hydrogen-bond acceptors (Lipinski definition) is 27. The number of carbonyl (C=O) groups excluding carboxylic acids is 11. The van der Waals surface area contributed by atoms with Gasteiger partial charge < -0.3 is 121 Å². The Morgan fingerprint density at radius 3 is 2.19 bits per heavy atom. The number of benzene rings is 2. The van der Waals surface area contributed by atoms with Gasteiger partial charge in [0.15, 0.2) is 17.7 Å². The summed E-state index contributed by atoms with van der Waals surface area (Å²) >= 11 is 0. The fraction of sp³-hybridized carbons (Fsp3) is 0.623. The number of amides is 9. The van der Waals surface area contributed by atoms with Crippen LogP contribution in [0.15, 0.2) is 41.4 Å². The molecule has 598 valence electrons. The highest BCUT2D eigenvalue weighted by Gasteiger charge is 2.49. The number of aromatic amines is 1. The van der Waals surface area contributed by atoms with Crippen molar-refractivity contribution in [3.8, 4) is 11.5 Å². The molecule has 0 aliphatic carbocycles. The van der Waals surface area contributed by atoms with Crippen LogP contribution in [0, 0.1) is 23.7 Å². The van der Waals surface area contributed by atoms with Crippen molar-refractivity contribution < 1.29 is 131 Å². The Morgan fingerprint density at radius 1 is 0.796 bits per heavy atom. The van der Waals surface area contributed by atoms with Gasteiger partial charge in [0.25, 0.3) is 5.91 Å². The Morgan fingerprint density at radius 2 is 1.49 bits per heavy atom. The first-order valence-electron chi connectivity index (χ1n) is 35.5. The van der Waals surface area contributed by atoms with E-state index >= 15 is 4.21 Å². The van der Waals surface area contributed by atoms with Crippen LogP contribution < -0.4 is 53.0 Å². The molecule has 0 saturated carbocycles. The highest BCUT2D eigenvalue weighted by atomic mass is 32.2. The van der Waals surface area contributed by atoms with Gasteiger partial charge in [-0.3, -0.25) is 52.2 Å². The number of Topliss-reactive ketones (excluding diaryl/α,β-unsaturated/α-hetero) is 2. The first kappa shape index (κ1) is 86.4. The number of nitrogens with one attached hydrogen (secondary N) is 7. The van der Waals surface area contributed by atoms with Crippen molar-refractivity contribution in [2.45, 2.75) is 164 Å². The average Bonchev–Trinajstić information content (AvgIpc) is 1.76. The van der Waals surface area contributed by atoms with Crippen LogP contribution in [0.2, 0.25) is 0 Å². The number of fused-ring (bicyclic) bond motifs is 5. The van der Waals surface area contributed by atoms with Crippen molar-refractivity contribution >= 4 is 92.6 Å². The molecule has 0 spiro atoms. The van der Waals surface area contributed by atoms with Gasteiger partial charge in [-0.1, -0.05) is 46.1 Å². The number of ketones is 2. The molecule has 5 heterocycles. The predicted octanol–water partition coefficient (Wildman–Crippen LogP) is -4.31. The number of aliphatic hydroxyl groups excluding tert-OH is 6. The molecule has 0 radical (unpaired) electrons. The van der Waals surface area contributed by atoms with Crippen LogP contribution in [0.1, 0.15) is 100 Å². The summed E-state index contributed by atoms with van der Waals surface area (Å²) in [4.78, 5) is 176. The minimum absolute atomic E-state index is 0.00972. The van der Waals surface area contributed by atoms with Crippen molar-refractivity contribution in [1.82, 2.24) is 46.7 Å². The zero-order chi connectivity index (χ0) is 79.1. The van der Waals surface area contributed by atoms with Gasteiger partial charge in [0, 0.05) is 75.7 Å². The standard InChI is InChI=1S/C69H99N11O27S/c1-5-35(2)55-64(95)74-29-53(87)75-46-34-108(100)65-43(23-38(61(92)73-30-54(88)77-55)24-49(84)56(36(3)50(85)32-81)78-63(94)47-27-40(82)31-80(47)66(96)39(25-48(46)83)26-52(70)86)42-12-11-41(28-45(42)76-65)103-16-9-7-6-8-15-79(4)69(99)104-33-37-10-13-51(106-68-59(91)57(89)58(90)60(107-68)67(97)98)44(22-37)62(93)72-14-17-101-18-19-102-20-21-105-71/h10-13,22,28,35-36,38-40,46-47,50,55-60,68,76,81-82,85,89-91H,5-9,14-21,23-27,29-34,71H2,1-4H3,(H2,70,86)(H,72,93)(H,73,92)(H,74,95)(H,75,87)(H,77,88)(H,78,94)(H,97,98)/t35-,36-,38+,39-,40+,46-,47-,50-,55-,56-,57-,58-,59+,60-,68?,108?/m0/s1. The van der Waals surface area contributed by atoms with Crippen molar-refractivity contribution in [2.24, 2.45) is 35.3 Å². The molecule has 4 aliphatic heterocycles. The number of hydrogen-bond donors (Lipinski definition) is 16. The van der Waals surface area contributed by atoms with E-state index in [-0.39, 0.29) is 86.8 Å². The molecule has 16 atom stereocenters. The van der Waals surface area contributed by atoms with E-state index in [1.807, 2.05) is 0 Å². The number of nitrogens with zero attached hydrogens (tertiary/aromatic N) is 2. The minimum atomic E-state index is -2.41. The minimum Gasteiger partial charge on any atom is -0.494 e. The molecule has 18 N–H and O–H groups in total. The predicted molar refractivity (Wildman–Crippen MR) is 375 cm³/mol. The normalized spacial score (nSPS) is 25.9. The largest absolute Gasteiger partial charge is 0.494 e. The summed E-state index contributed by atoms with van der Waals surface area (Å²) in [5.41, 5.74) is 6.17. The molecule has 39 heteroatoms. The lowest BCUT2D eigenvalue weighted by molar-refractivity contribution is -0.271. The molecule has 3 aromatic rings. The van der Waals surface area contributed by atoms with Crippen LogP contribution in [0.5, 0.6) is 11.5 Å². The number of unbranched alkanes of at least 4 members (excludes halogenated alkanes) is 3. The van der Waals surface area contributed by atoms with E-state index in [4.69, 9.17) is 40.1 Å².